The third-order valence-electron chi connectivity index (χ3n) is 2.46. The minimum atomic E-state index is -0.382. The summed E-state index contributed by atoms with van der Waals surface area (Å²) < 4.78 is 5.16. The molecule has 0 aliphatic rings. The van der Waals surface area contributed by atoms with E-state index in [0.717, 1.165) is 10.4 Å². The van der Waals surface area contributed by atoms with Crippen molar-refractivity contribution >= 4 is 23.0 Å². The molecule has 0 fully saturated rings. The van der Waals surface area contributed by atoms with Crippen molar-refractivity contribution in [2.45, 2.75) is 13.5 Å². The van der Waals surface area contributed by atoms with Crippen LogP contribution < -0.4 is 5.73 Å². The van der Waals surface area contributed by atoms with Crippen molar-refractivity contribution in [3.8, 4) is 5.75 Å². The standard InChI is InChI=1S/C13H13NO3S/c1-8-11(14)6-12(18-8)13(16)17-7-9-2-4-10(15)5-3-9/h2-6,15H,7,14H2,1H3. The van der Waals surface area contributed by atoms with Crippen LogP contribution in [0.4, 0.5) is 5.69 Å². The van der Waals surface area contributed by atoms with Gasteiger partial charge in [0.1, 0.15) is 17.2 Å². The number of hydrogen-bond acceptors (Lipinski definition) is 5. The van der Waals surface area contributed by atoms with Crippen molar-refractivity contribution in [3.05, 3.63) is 45.6 Å². The molecule has 2 rings (SSSR count). The Hall–Kier alpha value is -2.01. The number of esters is 1. The third-order valence-corrected chi connectivity index (χ3v) is 3.51. The molecule has 3 N–H and O–H groups in total. The molecule has 4 nitrogen and oxygen atoms in total. The maximum absolute atomic E-state index is 11.7. The first-order chi connectivity index (χ1) is 8.56. The van der Waals surface area contributed by atoms with Gasteiger partial charge < -0.3 is 15.6 Å². The smallest absolute Gasteiger partial charge is 0.348 e. The molecule has 0 bridgehead atoms. The van der Waals surface area contributed by atoms with E-state index in [9.17, 15) is 4.79 Å². The number of hydrogen-bond donors (Lipinski definition) is 2. The van der Waals surface area contributed by atoms with Crippen LogP contribution in [0.15, 0.2) is 30.3 Å². The molecule has 94 valence electrons. The lowest BCUT2D eigenvalue weighted by Crippen LogP contribution is -2.03. The number of thiophene rings is 1. The molecule has 0 aliphatic carbocycles. The molecule has 0 amide bonds. The van der Waals surface area contributed by atoms with E-state index in [0.29, 0.717) is 10.6 Å². The summed E-state index contributed by atoms with van der Waals surface area (Å²) in [7, 11) is 0. The van der Waals surface area contributed by atoms with Crippen molar-refractivity contribution in [2.75, 3.05) is 5.73 Å². The zero-order chi connectivity index (χ0) is 13.1. The molecule has 0 aliphatic heterocycles. The normalized spacial score (nSPS) is 10.3. The van der Waals surface area contributed by atoms with Gasteiger partial charge in [0.05, 0.1) is 0 Å². The Kier molecular flexibility index (Phi) is 3.53. The minimum absolute atomic E-state index is 0.177. The molecule has 2 aromatic rings. The highest BCUT2D eigenvalue weighted by Crippen LogP contribution is 2.24. The molecular formula is C13H13NO3S. The Bertz CT molecular complexity index is 541. The van der Waals surface area contributed by atoms with Gasteiger partial charge in [0, 0.05) is 10.6 Å². The van der Waals surface area contributed by atoms with E-state index in [-0.39, 0.29) is 18.3 Å². The van der Waals surface area contributed by atoms with Gasteiger partial charge in [0.15, 0.2) is 0 Å². The average molecular weight is 263 g/mol. The van der Waals surface area contributed by atoms with Crippen molar-refractivity contribution in [2.24, 2.45) is 0 Å². The molecule has 18 heavy (non-hydrogen) atoms. The van der Waals surface area contributed by atoms with Crippen LogP contribution in [0, 0.1) is 6.92 Å². The summed E-state index contributed by atoms with van der Waals surface area (Å²) in [6, 6.07) is 8.14. The topological polar surface area (TPSA) is 72.5 Å². The van der Waals surface area contributed by atoms with E-state index in [1.807, 2.05) is 6.92 Å². The summed E-state index contributed by atoms with van der Waals surface area (Å²) in [5, 5.41) is 9.13. The summed E-state index contributed by atoms with van der Waals surface area (Å²) in [4.78, 5) is 13.1. The predicted octanol–water partition coefficient (Wildman–Crippen LogP) is 2.70. The van der Waals surface area contributed by atoms with Gasteiger partial charge in [0.25, 0.3) is 0 Å². The molecule has 0 unspecified atom stereocenters. The molecule has 5 heteroatoms. The highest BCUT2D eigenvalue weighted by atomic mass is 32.1. The van der Waals surface area contributed by atoms with Crippen LogP contribution in [0.5, 0.6) is 5.75 Å². The maximum Gasteiger partial charge on any atom is 0.348 e. The van der Waals surface area contributed by atoms with Crippen molar-refractivity contribution in [3.63, 3.8) is 0 Å². The first-order valence-electron chi connectivity index (χ1n) is 5.37. The Morgan fingerprint density at radius 2 is 2.06 bits per heavy atom. The lowest BCUT2D eigenvalue weighted by molar-refractivity contribution is 0.0478. The third kappa shape index (κ3) is 2.81. The Morgan fingerprint density at radius 1 is 1.39 bits per heavy atom. The number of anilines is 1. The highest BCUT2D eigenvalue weighted by molar-refractivity contribution is 7.14. The number of carbonyl (C=O) groups excluding carboxylic acids is 1. The number of rotatable bonds is 3. The minimum Gasteiger partial charge on any atom is -0.508 e. The molecule has 0 spiro atoms. The molecule has 1 aromatic heterocycles. The van der Waals surface area contributed by atoms with Gasteiger partial charge in [-0.05, 0) is 30.7 Å². The molecular weight excluding hydrogens is 250 g/mol. The molecule has 0 atom stereocenters. The lowest BCUT2D eigenvalue weighted by atomic mass is 10.2. The summed E-state index contributed by atoms with van der Waals surface area (Å²) in [5.41, 5.74) is 7.11. The zero-order valence-electron chi connectivity index (χ0n) is 9.84. The second-order valence-corrected chi connectivity index (χ2v) is 5.12. The van der Waals surface area contributed by atoms with Crippen LogP contribution in [0.1, 0.15) is 20.1 Å². The predicted molar refractivity (Wildman–Crippen MR) is 70.7 cm³/mol. The number of nitrogen functional groups attached to an aromatic ring is 1. The van der Waals surface area contributed by atoms with Gasteiger partial charge in [-0.15, -0.1) is 11.3 Å². The fraction of sp³-hybridized carbons (Fsp3) is 0.154. The van der Waals surface area contributed by atoms with Gasteiger partial charge >= 0.3 is 5.97 Å². The van der Waals surface area contributed by atoms with Gasteiger partial charge in [-0.3, -0.25) is 0 Å². The van der Waals surface area contributed by atoms with E-state index in [1.165, 1.54) is 11.3 Å². The van der Waals surface area contributed by atoms with Crippen LogP contribution in [0.2, 0.25) is 0 Å². The summed E-state index contributed by atoms with van der Waals surface area (Å²) in [5.74, 6) is -0.195. The number of ether oxygens (including phenoxy) is 1. The van der Waals surface area contributed by atoms with E-state index < -0.39 is 0 Å². The fourth-order valence-electron chi connectivity index (χ4n) is 1.41. The molecule has 1 heterocycles. The number of benzene rings is 1. The zero-order valence-corrected chi connectivity index (χ0v) is 10.7. The fourth-order valence-corrected chi connectivity index (χ4v) is 2.24. The lowest BCUT2D eigenvalue weighted by Gasteiger charge is -2.03. The van der Waals surface area contributed by atoms with E-state index in [2.05, 4.69) is 0 Å². The van der Waals surface area contributed by atoms with Crippen LogP contribution in [-0.2, 0) is 11.3 Å². The van der Waals surface area contributed by atoms with Crippen LogP contribution in [0.25, 0.3) is 0 Å². The van der Waals surface area contributed by atoms with E-state index in [1.54, 1.807) is 30.3 Å². The second kappa shape index (κ2) is 5.10. The molecule has 0 saturated carbocycles. The first kappa shape index (κ1) is 12.4. The number of nitrogens with two attached hydrogens (primary N) is 1. The van der Waals surface area contributed by atoms with E-state index in [4.69, 9.17) is 15.6 Å². The summed E-state index contributed by atoms with van der Waals surface area (Å²) in [6.45, 7) is 2.03. The number of aromatic hydroxyl groups is 1. The second-order valence-electron chi connectivity index (χ2n) is 3.86. The Balaban J connectivity index is 1.98. The van der Waals surface area contributed by atoms with Gasteiger partial charge in [-0.25, -0.2) is 4.79 Å². The van der Waals surface area contributed by atoms with Gasteiger partial charge in [0.2, 0.25) is 0 Å². The van der Waals surface area contributed by atoms with E-state index >= 15 is 0 Å². The number of aryl methyl sites for hydroxylation is 1. The molecule has 1 aromatic carbocycles. The molecule has 0 radical (unpaired) electrons. The monoisotopic (exact) mass is 263 g/mol. The summed E-state index contributed by atoms with van der Waals surface area (Å²) >= 11 is 1.32. The number of phenolic OH excluding ortho intramolecular Hbond substituents is 1. The Morgan fingerprint density at radius 3 is 2.61 bits per heavy atom. The van der Waals surface area contributed by atoms with Crippen molar-refractivity contribution < 1.29 is 14.6 Å². The summed E-state index contributed by atoms with van der Waals surface area (Å²) in [6.07, 6.45) is 0. The quantitative estimate of drug-likeness (QED) is 0.835. The van der Waals surface area contributed by atoms with Crippen LogP contribution >= 0.6 is 11.3 Å². The van der Waals surface area contributed by atoms with Crippen LogP contribution in [-0.4, -0.2) is 11.1 Å². The highest BCUT2D eigenvalue weighted by Gasteiger charge is 2.12. The van der Waals surface area contributed by atoms with Gasteiger partial charge in [-0.2, -0.15) is 0 Å². The first-order valence-corrected chi connectivity index (χ1v) is 6.19. The van der Waals surface area contributed by atoms with Crippen molar-refractivity contribution in [1.29, 1.82) is 0 Å². The average Bonchev–Trinajstić information content (AvgIpc) is 2.69. The number of phenols is 1. The maximum atomic E-state index is 11.7. The largest absolute Gasteiger partial charge is 0.508 e. The van der Waals surface area contributed by atoms with Crippen molar-refractivity contribution in [1.82, 2.24) is 0 Å². The number of carbonyl (C=O) groups is 1. The molecule has 0 saturated heterocycles. The van der Waals surface area contributed by atoms with Crippen LogP contribution in [0.3, 0.4) is 0 Å². The van der Waals surface area contributed by atoms with Gasteiger partial charge in [-0.1, -0.05) is 12.1 Å². The Labute approximate surface area is 109 Å². The SMILES string of the molecule is Cc1sc(C(=O)OCc2ccc(O)cc2)cc1N.